The monoisotopic (exact) mass is 317 g/mol. The summed E-state index contributed by atoms with van der Waals surface area (Å²) in [7, 11) is 0. The number of hydrogen-bond donors (Lipinski definition) is 2. The van der Waals surface area contributed by atoms with Crippen LogP contribution in [0.25, 0.3) is 0 Å². The van der Waals surface area contributed by atoms with Gasteiger partial charge in [0.15, 0.2) is 0 Å². The first-order chi connectivity index (χ1) is 11.1. The maximum absolute atomic E-state index is 12.3. The molecule has 0 aromatic heterocycles. The van der Waals surface area contributed by atoms with E-state index in [0.717, 1.165) is 56.8 Å². The normalized spacial score (nSPS) is 24.2. The highest BCUT2D eigenvalue weighted by atomic mass is 16.1. The van der Waals surface area contributed by atoms with Crippen molar-refractivity contribution in [2.45, 2.75) is 45.4 Å². The molecule has 0 aromatic rings. The highest BCUT2D eigenvalue weighted by molar-refractivity contribution is 5.78. The van der Waals surface area contributed by atoms with Gasteiger partial charge in [-0.05, 0) is 51.4 Å². The van der Waals surface area contributed by atoms with Gasteiger partial charge >= 0.3 is 0 Å². The van der Waals surface area contributed by atoms with E-state index >= 15 is 0 Å². The smallest absolute Gasteiger partial charge is 0.223 e. The van der Waals surface area contributed by atoms with Crippen molar-refractivity contribution in [2.75, 3.05) is 26.2 Å². The van der Waals surface area contributed by atoms with E-state index in [1.54, 1.807) is 0 Å². The van der Waals surface area contributed by atoms with Crippen LogP contribution in [-0.4, -0.2) is 37.0 Å². The number of rotatable bonds is 7. The zero-order chi connectivity index (χ0) is 16.7. The van der Waals surface area contributed by atoms with Gasteiger partial charge in [-0.3, -0.25) is 4.79 Å². The molecule has 1 amide bonds. The van der Waals surface area contributed by atoms with Crippen LogP contribution in [0.2, 0.25) is 0 Å². The lowest BCUT2D eigenvalue weighted by molar-refractivity contribution is -0.126. The van der Waals surface area contributed by atoms with Gasteiger partial charge in [0.1, 0.15) is 0 Å². The Labute approximate surface area is 140 Å². The minimum Gasteiger partial charge on any atom is -0.381 e. The van der Waals surface area contributed by atoms with Crippen molar-refractivity contribution < 1.29 is 4.79 Å². The average Bonchev–Trinajstić information content (AvgIpc) is 2.97. The summed E-state index contributed by atoms with van der Waals surface area (Å²) >= 11 is 0. The summed E-state index contributed by atoms with van der Waals surface area (Å²) in [5, 5.41) is 6.17. The van der Waals surface area contributed by atoms with E-state index in [9.17, 15) is 4.79 Å². The van der Waals surface area contributed by atoms with Crippen LogP contribution in [0.3, 0.4) is 0 Å². The first-order valence-corrected chi connectivity index (χ1v) is 8.97. The fraction of sp³-hybridized carbons (Fsp3) is 0.684. The third kappa shape index (κ3) is 5.18. The van der Waals surface area contributed by atoms with Gasteiger partial charge in [0.05, 0.1) is 12.2 Å². The van der Waals surface area contributed by atoms with E-state index < -0.39 is 0 Å². The topological polar surface area (TPSA) is 44.4 Å². The van der Waals surface area contributed by atoms with Crippen LogP contribution in [-0.2, 0) is 4.79 Å². The van der Waals surface area contributed by atoms with E-state index in [-0.39, 0.29) is 11.8 Å². The molecular weight excluding hydrogens is 286 g/mol. The molecule has 2 rings (SSSR count). The Morgan fingerprint density at radius 1 is 1.30 bits per heavy atom. The molecule has 128 valence electrons. The third-order valence-electron chi connectivity index (χ3n) is 5.08. The maximum Gasteiger partial charge on any atom is 0.223 e. The highest BCUT2D eigenvalue weighted by Gasteiger charge is 2.28. The fourth-order valence-corrected chi connectivity index (χ4v) is 3.65. The predicted octanol–water partition coefficient (Wildman–Crippen LogP) is 2.80. The van der Waals surface area contributed by atoms with Gasteiger partial charge in [0.25, 0.3) is 0 Å². The number of carbonyl (C=O) groups excluding carboxylic acids is 1. The van der Waals surface area contributed by atoms with Crippen molar-refractivity contribution >= 4 is 5.91 Å². The largest absolute Gasteiger partial charge is 0.381 e. The summed E-state index contributed by atoms with van der Waals surface area (Å²) in [6, 6.07) is 0. The van der Waals surface area contributed by atoms with E-state index in [4.69, 9.17) is 0 Å². The third-order valence-corrected chi connectivity index (χ3v) is 5.08. The molecule has 1 aliphatic heterocycles. The molecule has 2 N–H and O–H groups in total. The zero-order valence-electron chi connectivity index (χ0n) is 14.5. The van der Waals surface area contributed by atoms with Crippen molar-refractivity contribution in [1.29, 1.82) is 0 Å². The number of hydrogen-bond acceptors (Lipinski definition) is 3. The first kappa shape index (κ1) is 17.7. The van der Waals surface area contributed by atoms with E-state index in [2.05, 4.69) is 34.4 Å². The molecule has 1 saturated heterocycles. The number of likely N-dealkylation sites (tertiary alicyclic amines) is 1. The molecular formula is C19H31N3O. The Balaban J connectivity index is 1.70. The van der Waals surface area contributed by atoms with Gasteiger partial charge in [0, 0.05) is 31.2 Å². The van der Waals surface area contributed by atoms with Crippen LogP contribution in [0.4, 0.5) is 0 Å². The van der Waals surface area contributed by atoms with Crippen LogP contribution < -0.4 is 10.6 Å². The van der Waals surface area contributed by atoms with Crippen LogP contribution in [0.15, 0.2) is 30.3 Å². The lowest BCUT2D eigenvalue weighted by Gasteiger charge is -2.31. The number of carbonyl (C=O) groups is 1. The molecule has 1 aliphatic carbocycles. The molecule has 0 bridgehead atoms. The zero-order valence-corrected chi connectivity index (χ0v) is 14.5. The second kappa shape index (κ2) is 8.83. The molecule has 0 aromatic carbocycles. The number of amides is 1. The summed E-state index contributed by atoms with van der Waals surface area (Å²) in [5.41, 5.74) is 5.01. The molecule has 2 aliphatic rings. The van der Waals surface area contributed by atoms with E-state index in [1.807, 2.05) is 6.92 Å². The van der Waals surface area contributed by atoms with Crippen LogP contribution in [0.1, 0.15) is 45.4 Å². The molecule has 0 atom stereocenters. The second-order valence-electron chi connectivity index (χ2n) is 6.74. The minimum absolute atomic E-state index is 0.167. The summed E-state index contributed by atoms with van der Waals surface area (Å²) in [5.74, 6) is 1.07. The molecule has 23 heavy (non-hydrogen) atoms. The SMILES string of the molecule is C=C=C(CNC(=O)C1CCC(CN2CCCC2=C)CC1)NCC. The molecule has 0 radical (unpaired) electrons. The quantitative estimate of drug-likeness (QED) is 0.710. The molecule has 4 nitrogen and oxygen atoms in total. The Morgan fingerprint density at radius 3 is 2.61 bits per heavy atom. The summed E-state index contributed by atoms with van der Waals surface area (Å²) < 4.78 is 0. The van der Waals surface area contributed by atoms with Crippen molar-refractivity contribution in [1.82, 2.24) is 15.5 Å². The molecule has 1 saturated carbocycles. The van der Waals surface area contributed by atoms with Gasteiger partial charge < -0.3 is 15.5 Å². The Morgan fingerprint density at radius 2 is 2.04 bits per heavy atom. The minimum atomic E-state index is 0.167. The standard InChI is InChI=1S/C19H31N3O/c1-4-18(20-5-2)13-21-19(23)17-10-8-16(9-11-17)14-22-12-6-7-15(22)3/h16-17,20H,1,3,5-14H2,2H3,(H,21,23). The molecule has 2 fully saturated rings. The van der Waals surface area contributed by atoms with Crippen molar-refractivity contribution in [3.8, 4) is 0 Å². The molecule has 1 heterocycles. The first-order valence-electron chi connectivity index (χ1n) is 8.97. The highest BCUT2D eigenvalue weighted by Crippen LogP contribution is 2.31. The molecule has 0 spiro atoms. The van der Waals surface area contributed by atoms with Gasteiger partial charge in [0.2, 0.25) is 5.91 Å². The number of allylic oxidation sites excluding steroid dienone is 1. The van der Waals surface area contributed by atoms with Gasteiger partial charge in [-0.15, -0.1) is 5.73 Å². The Kier molecular flexibility index (Phi) is 6.79. The van der Waals surface area contributed by atoms with Gasteiger partial charge in [-0.1, -0.05) is 13.2 Å². The summed E-state index contributed by atoms with van der Waals surface area (Å²) in [6.45, 7) is 13.4. The summed E-state index contributed by atoms with van der Waals surface area (Å²) in [6.07, 6.45) is 6.72. The fourth-order valence-electron chi connectivity index (χ4n) is 3.65. The Hall–Kier alpha value is -1.67. The van der Waals surface area contributed by atoms with Crippen LogP contribution in [0, 0.1) is 11.8 Å². The Bertz CT molecular complexity index is 471. The van der Waals surface area contributed by atoms with E-state index in [1.165, 1.54) is 18.7 Å². The maximum atomic E-state index is 12.3. The van der Waals surface area contributed by atoms with Crippen molar-refractivity contribution in [3.63, 3.8) is 0 Å². The predicted molar refractivity (Wildman–Crippen MR) is 94.7 cm³/mol. The van der Waals surface area contributed by atoms with Crippen molar-refractivity contribution in [3.05, 3.63) is 30.3 Å². The van der Waals surface area contributed by atoms with Crippen LogP contribution >= 0.6 is 0 Å². The molecule has 0 unspecified atom stereocenters. The van der Waals surface area contributed by atoms with Gasteiger partial charge in [-0.2, -0.15) is 0 Å². The second-order valence-corrected chi connectivity index (χ2v) is 6.74. The summed E-state index contributed by atoms with van der Waals surface area (Å²) in [4.78, 5) is 14.7. The van der Waals surface area contributed by atoms with E-state index in [0.29, 0.717) is 6.54 Å². The van der Waals surface area contributed by atoms with Crippen molar-refractivity contribution in [2.24, 2.45) is 11.8 Å². The lowest BCUT2D eigenvalue weighted by atomic mass is 9.81. The number of nitrogens with one attached hydrogen (secondary N) is 2. The van der Waals surface area contributed by atoms with Gasteiger partial charge in [-0.25, -0.2) is 0 Å². The average molecular weight is 317 g/mol. The molecule has 4 heteroatoms. The lowest BCUT2D eigenvalue weighted by Crippen LogP contribution is -2.37. The number of nitrogens with zero attached hydrogens (tertiary/aromatic N) is 1. The number of likely N-dealkylation sites (N-methyl/N-ethyl adjacent to an activating group) is 1. The van der Waals surface area contributed by atoms with Crippen LogP contribution in [0.5, 0.6) is 0 Å².